The molecule has 0 unspecified atom stereocenters. The van der Waals surface area contributed by atoms with Crippen molar-refractivity contribution in [2.24, 2.45) is 0 Å². The predicted molar refractivity (Wildman–Crippen MR) is 58.0 cm³/mol. The number of benzene rings is 1. The molecule has 2 rings (SSSR count). The minimum absolute atomic E-state index is 0.516. The van der Waals surface area contributed by atoms with Gasteiger partial charge >= 0.3 is 0 Å². The Balaban J connectivity index is 2.90. The van der Waals surface area contributed by atoms with Crippen LogP contribution in [0.15, 0.2) is 24.5 Å². The van der Waals surface area contributed by atoms with Gasteiger partial charge in [-0.15, -0.1) is 0 Å². The molecule has 1 aromatic heterocycles. The van der Waals surface area contributed by atoms with Crippen LogP contribution in [0.1, 0.15) is 5.56 Å². The Bertz CT molecular complexity index is 560. The van der Waals surface area contributed by atoms with Crippen LogP contribution in [0.2, 0.25) is 5.02 Å². The minimum atomic E-state index is 0.516. The Labute approximate surface area is 91.9 Å². The Kier molecular flexibility index (Phi) is 2.44. The number of fused-ring (bicyclic) bond motifs is 1. The second-order valence-electron chi connectivity index (χ2n) is 2.97. The Hall–Kier alpha value is -1.79. The highest BCUT2D eigenvalue weighted by Crippen LogP contribution is 2.33. The van der Waals surface area contributed by atoms with Crippen molar-refractivity contribution in [2.45, 2.75) is 0 Å². The molecule has 0 atom stereocenters. The summed E-state index contributed by atoms with van der Waals surface area (Å²) >= 11 is 5.96. The first-order chi connectivity index (χ1) is 7.27. The van der Waals surface area contributed by atoms with Crippen molar-refractivity contribution in [3.05, 3.63) is 35.1 Å². The van der Waals surface area contributed by atoms with E-state index in [0.717, 1.165) is 10.8 Å². The van der Waals surface area contributed by atoms with E-state index < -0.39 is 0 Å². The van der Waals surface area contributed by atoms with Crippen LogP contribution in [0, 0.1) is 11.3 Å². The fourth-order valence-electron chi connectivity index (χ4n) is 1.49. The molecule has 0 N–H and O–H groups in total. The molecule has 0 amide bonds. The molecule has 0 spiro atoms. The van der Waals surface area contributed by atoms with E-state index in [-0.39, 0.29) is 0 Å². The van der Waals surface area contributed by atoms with Crippen LogP contribution < -0.4 is 4.74 Å². The van der Waals surface area contributed by atoms with Gasteiger partial charge in [-0.1, -0.05) is 17.7 Å². The van der Waals surface area contributed by atoms with Crippen molar-refractivity contribution in [1.29, 1.82) is 5.26 Å². The molecular formula is C11H7ClN2O. The third kappa shape index (κ3) is 1.49. The summed E-state index contributed by atoms with van der Waals surface area (Å²) in [6.45, 7) is 0. The van der Waals surface area contributed by atoms with Gasteiger partial charge in [-0.25, -0.2) is 0 Å². The van der Waals surface area contributed by atoms with Gasteiger partial charge in [-0.05, 0) is 6.07 Å². The van der Waals surface area contributed by atoms with Crippen molar-refractivity contribution in [2.75, 3.05) is 7.11 Å². The highest BCUT2D eigenvalue weighted by atomic mass is 35.5. The zero-order chi connectivity index (χ0) is 10.8. The van der Waals surface area contributed by atoms with Gasteiger partial charge in [0.1, 0.15) is 11.8 Å². The molecule has 0 aliphatic heterocycles. The SMILES string of the molecule is COc1c(Cl)ccc2c(C#N)cncc12. The molecular weight excluding hydrogens is 212 g/mol. The predicted octanol–water partition coefficient (Wildman–Crippen LogP) is 2.77. The lowest BCUT2D eigenvalue weighted by Crippen LogP contribution is -1.89. The maximum absolute atomic E-state index is 8.90. The minimum Gasteiger partial charge on any atom is -0.494 e. The van der Waals surface area contributed by atoms with Crippen molar-refractivity contribution in [1.82, 2.24) is 4.98 Å². The smallest absolute Gasteiger partial charge is 0.146 e. The quantitative estimate of drug-likeness (QED) is 0.740. The van der Waals surface area contributed by atoms with E-state index in [4.69, 9.17) is 21.6 Å². The van der Waals surface area contributed by atoms with E-state index in [9.17, 15) is 0 Å². The number of nitrogens with zero attached hydrogens (tertiary/aromatic N) is 2. The summed E-state index contributed by atoms with van der Waals surface area (Å²) in [4.78, 5) is 3.97. The summed E-state index contributed by atoms with van der Waals surface area (Å²) in [5, 5.41) is 11.0. The summed E-state index contributed by atoms with van der Waals surface area (Å²) in [5.74, 6) is 0.554. The summed E-state index contributed by atoms with van der Waals surface area (Å²) in [6.07, 6.45) is 3.16. The molecule has 2 aromatic rings. The van der Waals surface area contributed by atoms with Crippen molar-refractivity contribution in [3.63, 3.8) is 0 Å². The van der Waals surface area contributed by atoms with Crippen molar-refractivity contribution >= 4 is 22.4 Å². The maximum Gasteiger partial charge on any atom is 0.146 e. The maximum atomic E-state index is 8.90. The third-order valence-corrected chi connectivity index (χ3v) is 2.47. The Morgan fingerprint density at radius 2 is 2.13 bits per heavy atom. The molecule has 0 saturated heterocycles. The number of rotatable bonds is 1. The first kappa shape index (κ1) is 9.75. The van der Waals surface area contributed by atoms with Crippen LogP contribution in [0.4, 0.5) is 0 Å². The van der Waals surface area contributed by atoms with Crippen LogP contribution >= 0.6 is 11.6 Å². The topological polar surface area (TPSA) is 45.9 Å². The molecule has 0 aliphatic carbocycles. The van der Waals surface area contributed by atoms with Gasteiger partial charge in [0.25, 0.3) is 0 Å². The van der Waals surface area contributed by atoms with Gasteiger partial charge in [0.2, 0.25) is 0 Å². The highest BCUT2D eigenvalue weighted by Gasteiger charge is 2.09. The largest absolute Gasteiger partial charge is 0.494 e. The van der Waals surface area contributed by atoms with Crippen molar-refractivity contribution < 1.29 is 4.74 Å². The van der Waals surface area contributed by atoms with Gasteiger partial charge in [0.05, 0.1) is 17.7 Å². The molecule has 0 fully saturated rings. The van der Waals surface area contributed by atoms with Gasteiger partial charge in [-0.3, -0.25) is 4.98 Å². The first-order valence-electron chi connectivity index (χ1n) is 4.28. The number of aromatic nitrogens is 1. The Morgan fingerprint density at radius 1 is 1.33 bits per heavy atom. The number of methoxy groups -OCH3 is 1. The highest BCUT2D eigenvalue weighted by molar-refractivity contribution is 6.33. The summed E-state index contributed by atoms with van der Waals surface area (Å²) in [7, 11) is 1.54. The second kappa shape index (κ2) is 3.76. The van der Waals surface area contributed by atoms with E-state index >= 15 is 0 Å². The summed E-state index contributed by atoms with van der Waals surface area (Å²) in [6, 6.07) is 5.58. The standard InChI is InChI=1S/C11H7ClN2O/c1-15-11-9-6-14-5-7(4-13)8(9)2-3-10(11)12/h2-3,5-6H,1H3. The molecule has 0 aliphatic rings. The number of pyridine rings is 1. The third-order valence-electron chi connectivity index (χ3n) is 2.17. The van der Waals surface area contributed by atoms with Gasteiger partial charge < -0.3 is 4.74 Å². The number of halogens is 1. The normalized spacial score (nSPS) is 9.93. The zero-order valence-electron chi connectivity index (χ0n) is 7.99. The lowest BCUT2D eigenvalue weighted by molar-refractivity contribution is 0.420. The zero-order valence-corrected chi connectivity index (χ0v) is 8.75. The fraction of sp³-hybridized carbons (Fsp3) is 0.0909. The van der Waals surface area contributed by atoms with Gasteiger partial charge in [0, 0.05) is 23.2 Å². The summed E-state index contributed by atoms with van der Waals surface area (Å²) < 4.78 is 5.18. The van der Waals surface area contributed by atoms with Gasteiger partial charge in [0.15, 0.2) is 0 Å². The van der Waals surface area contributed by atoms with E-state index in [1.54, 1.807) is 25.4 Å². The monoisotopic (exact) mass is 218 g/mol. The second-order valence-corrected chi connectivity index (χ2v) is 3.38. The molecule has 0 bridgehead atoms. The van der Waals surface area contributed by atoms with Crippen LogP contribution in [0.3, 0.4) is 0 Å². The first-order valence-corrected chi connectivity index (χ1v) is 4.66. The number of ether oxygens (including phenoxy) is 1. The van der Waals surface area contributed by atoms with E-state index in [0.29, 0.717) is 16.3 Å². The molecule has 1 heterocycles. The van der Waals surface area contributed by atoms with E-state index in [2.05, 4.69) is 11.1 Å². The number of hydrogen-bond acceptors (Lipinski definition) is 3. The van der Waals surface area contributed by atoms with Crippen LogP contribution in [0.5, 0.6) is 5.75 Å². The average molecular weight is 219 g/mol. The fourth-order valence-corrected chi connectivity index (χ4v) is 1.73. The lowest BCUT2D eigenvalue weighted by atomic mass is 10.1. The summed E-state index contributed by atoms with van der Waals surface area (Å²) in [5.41, 5.74) is 0.516. The van der Waals surface area contributed by atoms with Crippen LogP contribution in [-0.2, 0) is 0 Å². The molecule has 1 aromatic carbocycles. The lowest BCUT2D eigenvalue weighted by Gasteiger charge is -2.07. The van der Waals surface area contributed by atoms with Crippen LogP contribution in [0.25, 0.3) is 10.8 Å². The van der Waals surface area contributed by atoms with Crippen molar-refractivity contribution in [3.8, 4) is 11.8 Å². The molecule has 0 radical (unpaired) electrons. The number of hydrogen-bond donors (Lipinski definition) is 0. The Morgan fingerprint density at radius 3 is 2.80 bits per heavy atom. The van der Waals surface area contributed by atoms with Gasteiger partial charge in [-0.2, -0.15) is 5.26 Å². The van der Waals surface area contributed by atoms with E-state index in [1.165, 1.54) is 6.20 Å². The molecule has 15 heavy (non-hydrogen) atoms. The van der Waals surface area contributed by atoms with Crippen LogP contribution in [-0.4, -0.2) is 12.1 Å². The molecule has 3 nitrogen and oxygen atoms in total. The molecule has 74 valence electrons. The molecule has 0 saturated carbocycles. The van der Waals surface area contributed by atoms with E-state index in [1.807, 2.05) is 0 Å². The number of nitriles is 1. The molecule has 4 heteroatoms. The average Bonchev–Trinajstić information content (AvgIpc) is 2.28.